The van der Waals surface area contributed by atoms with E-state index in [-0.39, 0.29) is 17.4 Å². The number of amides is 1. The monoisotopic (exact) mass is 362 g/mol. The molecule has 3 rings (SSSR count). The van der Waals surface area contributed by atoms with Crippen LogP contribution < -0.4 is 10.1 Å². The van der Waals surface area contributed by atoms with E-state index in [1.54, 1.807) is 6.92 Å². The van der Waals surface area contributed by atoms with E-state index in [2.05, 4.69) is 20.1 Å². The van der Waals surface area contributed by atoms with Crippen LogP contribution in [0.25, 0.3) is 5.69 Å². The van der Waals surface area contributed by atoms with Gasteiger partial charge in [-0.1, -0.05) is 0 Å². The molecule has 0 atom stereocenters. The highest BCUT2D eigenvalue weighted by atomic mass is 19.3. The summed E-state index contributed by atoms with van der Waals surface area (Å²) in [6.45, 7) is -1.26. The van der Waals surface area contributed by atoms with Crippen LogP contribution in [0.15, 0.2) is 48.5 Å². The smallest absolute Gasteiger partial charge is 0.387 e. The molecule has 0 aliphatic rings. The molecule has 1 aromatic heterocycles. The van der Waals surface area contributed by atoms with Crippen molar-refractivity contribution in [2.45, 2.75) is 13.5 Å². The molecule has 0 aliphatic carbocycles. The zero-order chi connectivity index (χ0) is 18.7. The number of alkyl halides is 2. The molecule has 0 unspecified atom stereocenters. The number of aryl methyl sites for hydroxylation is 1. The summed E-state index contributed by atoms with van der Waals surface area (Å²) in [7, 11) is 0. The first-order valence-electron chi connectivity index (χ1n) is 7.48. The average Bonchev–Trinajstić information content (AvgIpc) is 2.99. The minimum absolute atomic E-state index is 0.0208. The SMILES string of the molecule is Cc1nc(C(=O)Nc2ccc(OC(F)F)cc2)nn1-c1ccc(F)cc1. The Hall–Kier alpha value is -3.36. The number of aromatic nitrogens is 3. The van der Waals surface area contributed by atoms with Crippen molar-refractivity contribution in [1.29, 1.82) is 0 Å². The molecule has 0 saturated heterocycles. The minimum Gasteiger partial charge on any atom is -0.435 e. The Morgan fingerprint density at radius 1 is 1.12 bits per heavy atom. The molecule has 0 bridgehead atoms. The van der Waals surface area contributed by atoms with Gasteiger partial charge in [-0.25, -0.2) is 14.1 Å². The highest BCUT2D eigenvalue weighted by Gasteiger charge is 2.16. The minimum atomic E-state index is -2.92. The second-order valence-electron chi connectivity index (χ2n) is 5.23. The third-order valence-corrected chi connectivity index (χ3v) is 3.38. The van der Waals surface area contributed by atoms with Gasteiger partial charge in [-0.2, -0.15) is 8.78 Å². The maximum absolute atomic E-state index is 13.0. The Balaban J connectivity index is 1.74. The summed E-state index contributed by atoms with van der Waals surface area (Å²) >= 11 is 0. The maximum Gasteiger partial charge on any atom is 0.387 e. The highest BCUT2D eigenvalue weighted by molar-refractivity contribution is 6.01. The third-order valence-electron chi connectivity index (χ3n) is 3.38. The predicted molar refractivity (Wildman–Crippen MR) is 87.1 cm³/mol. The van der Waals surface area contributed by atoms with Gasteiger partial charge in [-0.05, 0) is 55.5 Å². The summed E-state index contributed by atoms with van der Waals surface area (Å²) < 4.78 is 42.9. The van der Waals surface area contributed by atoms with Gasteiger partial charge in [0.15, 0.2) is 0 Å². The van der Waals surface area contributed by atoms with Gasteiger partial charge in [-0.3, -0.25) is 4.79 Å². The third kappa shape index (κ3) is 4.00. The number of rotatable bonds is 5. The van der Waals surface area contributed by atoms with Gasteiger partial charge in [0.05, 0.1) is 5.69 Å². The molecule has 134 valence electrons. The van der Waals surface area contributed by atoms with Crippen LogP contribution in [0, 0.1) is 12.7 Å². The number of carbonyl (C=O) groups excluding carboxylic acids is 1. The lowest BCUT2D eigenvalue weighted by molar-refractivity contribution is -0.0498. The zero-order valence-corrected chi connectivity index (χ0v) is 13.5. The number of halogens is 3. The number of hydrogen-bond acceptors (Lipinski definition) is 4. The molecular formula is C17H13F3N4O2. The van der Waals surface area contributed by atoms with Crippen molar-refractivity contribution in [3.63, 3.8) is 0 Å². The zero-order valence-electron chi connectivity index (χ0n) is 13.5. The number of nitrogens with zero attached hydrogens (tertiary/aromatic N) is 3. The largest absolute Gasteiger partial charge is 0.435 e. The van der Waals surface area contributed by atoms with E-state index in [9.17, 15) is 18.0 Å². The van der Waals surface area contributed by atoms with Gasteiger partial charge in [-0.15, -0.1) is 5.10 Å². The summed E-state index contributed by atoms with van der Waals surface area (Å²) in [4.78, 5) is 16.4. The highest BCUT2D eigenvalue weighted by Crippen LogP contribution is 2.18. The quantitative estimate of drug-likeness (QED) is 0.753. The lowest BCUT2D eigenvalue weighted by Crippen LogP contribution is -2.14. The summed E-state index contributed by atoms with van der Waals surface area (Å²) in [6, 6.07) is 11.0. The van der Waals surface area contributed by atoms with Crippen LogP contribution >= 0.6 is 0 Å². The Labute approximate surface area is 146 Å². The molecule has 0 spiro atoms. The fourth-order valence-corrected chi connectivity index (χ4v) is 2.22. The Morgan fingerprint density at radius 3 is 2.38 bits per heavy atom. The second kappa shape index (κ2) is 7.26. The van der Waals surface area contributed by atoms with Crippen molar-refractivity contribution in [1.82, 2.24) is 14.8 Å². The molecular weight excluding hydrogens is 349 g/mol. The van der Waals surface area contributed by atoms with E-state index < -0.39 is 12.5 Å². The standard InChI is InChI=1S/C17H13F3N4O2/c1-10-21-15(23-24(10)13-6-2-11(18)3-7-13)16(25)22-12-4-8-14(9-5-12)26-17(19)20/h2-9,17H,1H3,(H,22,25). The van der Waals surface area contributed by atoms with Crippen LogP contribution in [-0.2, 0) is 0 Å². The fourth-order valence-electron chi connectivity index (χ4n) is 2.22. The van der Waals surface area contributed by atoms with Gasteiger partial charge in [0.2, 0.25) is 5.82 Å². The average molecular weight is 362 g/mol. The molecule has 1 N–H and O–H groups in total. The number of nitrogens with one attached hydrogen (secondary N) is 1. The van der Waals surface area contributed by atoms with Crippen molar-refractivity contribution in [2.24, 2.45) is 0 Å². The van der Waals surface area contributed by atoms with Crippen molar-refractivity contribution >= 4 is 11.6 Å². The van der Waals surface area contributed by atoms with Crippen LogP contribution in [0.3, 0.4) is 0 Å². The summed E-state index contributed by atoms with van der Waals surface area (Å²) in [5.41, 5.74) is 0.927. The number of carbonyl (C=O) groups is 1. The summed E-state index contributed by atoms with van der Waals surface area (Å²) in [5.74, 6) is -0.616. The van der Waals surface area contributed by atoms with Gasteiger partial charge < -0.3 is 10.1 Å². The van der Waals surface area contributed by atoms with Crippen molar-refractivity contribution < 1.29 is 22.7 Å². The Morgan fingerprint density at radius 2 is 1.77 bits per heavy atom. The Bertz CT molecular complexity index is 909. The molecule has 0 fully saturated rings. The molecule has 0 saturated carbocycles. The topological polar surface area (TPSA) is 69.0 Å². The number of anilines is 1. The predicted octanol–water partition coefficient (Wildman–Crippen LogP) is 3.57. The van der Waals surface area contributed by atoms with Gasteiger partial charge in [0.25, 0.3) is 5.91 Å². The van der Waals surface area contributed by atoms with Gasteiger partial charge >= 0.3 is 6.61 Å². The van der Waals surface area contributed by atoms with Gasteiger partial charge in [0, 0.05) is 5.69 Å². The van der Waals surface area contributed by atoms with Crippen molar-refractivity contribution in [3.05, 3.63) is 66.0 Å². The molecule has 9 heteroatoms. The number of hydrogen-bond donors (Lipinski definition) is 1. The van der Waals surface area contributed by atoms with Crippen LogP contribution in [0.4, 0.5) is 18.9 Å². The van der Waals surface area contributed by atoms with Crippen molar-refractivity contribution in [2.75, 3.05) is 5.32 Å². The van der Waals surface area contributed by atoms with Crippen molar-refractivity contribution in [3.8, 4) is 11.4 Å². The molecule has 0 aliphatic heterocycles. The van der Waals surface area contributed by atoms with Crippen LogP contribution in [-0.4, -0.2) is 27.3 Å². The van der Waals surface area contributed by atoms with E-state index in [1.165, 1.54) is 53.2 Å². The van der Waals surface area contributed by atoms with Crippen LogP contribution in [0.2, 0.25) is 0 Å². The maximum atomic E-state index is 13.0. The summed E-state index contributed by atoms with van der Waals surface area (Å²) in [6.07, 6.45) is 0. The normalized spacial score (nSPS) is 10.8. The molecule has 6 nitrogen and oxygen atoms in total. The lowest BCUT2D eigenvalue weighted by Gasteiger charge is -2.06. The van der Waals surface area contributed by atoms with Crippen LogP contribution in [0.1, 0.15) is 16.4 Å². The molecule has 1 heterocycles. The molecule has 3 aromatic rings. The number of ether oxygens (including phenoxy) is 1. The van der Waals surface area contributed by atoms with E-state index in [1.807, 2.05) is 0 Å². The molecule has 2 aromatic carbocycles. The molecule has 1 amide bonds. The summed E-state index contributed by atoms with van der Waals surface area (Å²) in [5, 5.41) is 6.67. The van der Waals surface area contributed by atoms with Gasteiger partial charge in [0.1, 0.15) is 17.4 Å². The van der Waals surface area contributed by atoms with E-state index in [0.29, 0.717) is 17.2 Å². The number of benzene rings is 2. The van der Waals surface area contributed by atoms with E-state index in [0.717, 1.165) is 0 Å². The first-order valence-corrected chi connectivity index (χ1v) is 7.48. The fraction of sp³-hybridized carbons (Fsp3) is 0.118. The molecule has 0 radical (unpaired) electrons. The molecule has 26 heavy (non-hydrogen) atoms. The first kappa shape index (κ1) is 17.5. The second-order valence-corrected chi connectivity index (χ2v) is 5.23. The lowest BCUT2D eigenvalue weighted by atomic mass is 10.3. The van der Waals surface area contributed by atoms with E-state index >= 15 is 0 Å². The van der Waals surface area contributed by atoms with Crippen LogP contribution in [0.5, 0.6) is 5.75 Å². The Kier molecular flexibility index (Phi) is 4.87. The van der Waals surface area contributed by atoms with E-state index in [4.69, 9.17) is 0 Å². The first-order chi connectivity index (χ1) is 12.4.